The lowest BCUT2D eigenvalue weighted by atomic mass is 9.76. The van der Waals surface area contributed by atoms with Gasteiger partial charge in [0.2, 0.25) is 0 Å². The first-order chi connectivity index (χ1) is 13.4. The Balaban J connectivity index is 2.69. The molecule has 1 rings (SSSR count). The fraction of sp³-hybridized carbons (Fsp3) is 0.750. The van der Waals surface area contributed by atoms with Gasteiger partial charge in [-0.3, -0.25) is 0 Å². The fourth-order valence-electron chi connectivity index (χ4n) is 4.46. The molecule has 0 aliphatic rings. The lowest BCUT2D eigenvalue weighted by Gasteiger charge is -2.39. The van der Waals surface area contributed by atoms with Gasteiger partial charge in [0.05, 0.1) is 5.60 Å². The Hall–Kier alpha value is -1.03. The number of rotatable bonds is 15. The van der Waals surface area contributed by atoms with Crippen LogP contribution in [0.3, 0.4) is 0 Å². The molecule has 0 aliphatic carbocycles. The van der Waals surface area contributed by atoms with Crippen LogP contribution in [0.15, 0.2) is 12.1 Å². The van der Waals surface area contributed by atoms with Crippen molar-refractivity contribution in [2.24, 2.45) is 5.92 Å². The SMILES string of the molecule is CCCCCCCCC(CCCc1c(F)cc(F)cc1F)C(CC)(CC)OC. The summed E-state index contributed by atoms with van der Waals surface area (Å²) in [5.74, 6) is -2.07. The van der Waals surface area contributed by atoms with E-state index in [9.17, 15) is 13.2 Å². The van der Waals surface area contributed by atoms with Gasteiger partial charge < -0.3 is 4.74 Å². The zero-order valence-corrected chi connectivity index (χ0v) is 18.3. The zero-order chi connectivity index (χ0) is 21.0. The second-order valence-electron chi connectivity index (χ2n) is 7.97. The van der Waals surface area contributed by atoms with E-state index in [2.05, 4.69) is 20.8 Å². The smallest absolute Gasteiger partial charge is 0.132 e. The molecule has 4 heteroatoms. The average molecular weight is 401 g/mol. The normalized spacial score (nSPS) is 13.1. The maximum Gasteiger partial charge on any atom is 0.132 e. The topological polar surface area (TPSA) is 9.23 Å². The average Bonchev–Trinajstić information content (AvgIpc) is 2.67. The lowest BCUT2D eigenvalue weighted by molar-refractivity contribution is -0.0710. The van der Waals surface area contributed by atoms with Crippen LogP contribution in [0.5, 0.6) is 0 Å². The molecule has 0 bridgehead atoms. The van der Waals surface area contributed by atoms with Crippen molar-refractivity contribution in [2.75, 3.05) is 7.11 Å². The van der Waals surface area contributed by atoms with Crippen molar-refractivity contribution in [3.05, 3.63) is 35.1 Å². The van der Waals surface area contributed by atoms with Crippen LogP contribution in [0.2, 0.25) is 0 Å². The van der Waals surface area contributed by atoms with E-state index in [0.717, 1.165) is 37.8 Å². The Morgan fingerprint density at radius 1 is 0.821 bits per heavy atom. The van der Waals surface area contributed by atoms with E-state index in [-0.39, 0.29) is 17.6 Å². The summed E-state index contributed by atoms with van der Waals surface area (Å²) in [6, 6.07) is 1.54. The molecular formula is C24H39F3O. The monoisotopic (exact) mass is 400 g/mol. The summed E-state index contributed by atoms with van der Waals surface area (Å²) in [5.41, 5.74) is -0.181. The minimum absolute atomic E-state index is 0.00395. The van der Waals surface area contributed by atoms with Crippen LogP contribution in [-0.2, 0) is 11.2 Å². The first kappa shape index (κ1) is 25.0. The van der Waals surface area contributed by atoms with Gasteiger partial charge in [-0.05, 0) is 44.4 Å². The number of unbranched alkanes of at least 4 members (excludes halogenated alkanes) is 5. The van der Waals surface area contributed by atoms with E-state index < -0.39 is 17.5 Å². The molecule has 0 aliphatic heterocycles. The highest BCUT2D eigenvalue weighted by Crippen LogP contribution is 2.36. The molecule has 0 saturated heterocycles. The third-order valence-corrected chi connectivity index (χ3v) is 6.34. The number of hydrogen-bond acceptors (Lipinski definition) is 1. The summed E-state index contributed by atoms with van der Waals surface area (Å²) in [6.07, 6.45) is 12.3. The van der Waals surface area contributed by atoms with Crippen LogP contribution < -0.4 is 0 Å². The summed E-state index contributed by atoms with van der Waals surface area (Å²) in [7, 11) is 1.78. The quantitative estimate of drug-likeness (QED) is 0.271. The van der Waals surface area contributed by atoms with Gasteiger partial charge in [0.25, 0.3) is 0 Å². The fourth-order valence-corrected chi connectivity index (χ4v) is 4.46. The molecule has 0 aromatic heterocycles. The second-order valence-corrected chi connectivity index (χ2v) is 7.97. The number of ether oxygens (including phenoxy) is 1. The number of halogens is 3. The molecular weight excluding hydrogens is 361 g/mol. The van der Waals surface area contributed by atoms with Crippen LogP contribution >= 0.6 is 0 Å². The minimum Gasteiger partial charge on any atom is -0.378 e. The van der Waals surface area contributed by atoms with Crippen molar-refractivity contribution in [1.82, 2.24) is 0 Å². The largest absolute Gasteiger partial charge is 0.378 e. The molecule has 0 saturated carbocycles. The van der Waals surface area contributed by atoms with Crippen molar-refractivity contribution < 1.29 is 17.9 Å². The molecule has 1 unspecified atom stereocenters. The molecule has 1 aromatic carbocycles. The third kappa shape index (κ3) is 7.42. The van der Waals surface area contributed by atoms with Gasteiger partial charge in [0.15, 0.2) is 0 Å². The number of methoxy groups -OCH3 is 1. The second kappa shape index (κ2) is 13.2. The van der Waals surface area contributed by atoms with Crippen LogP contribution in [0.1, 0.15) is 97.0 Å². The van der Waals surface area contributed by atoms with Crippen LogP contribution in [-0.4, -0.2) is 12.7 Å². The highest BCUT2D eigenvalue weighted by Gasteiger charge is 2.34. The Kier molecular flexibility index (Phi) is 11.8. The third-order valence-electron chi connectivity index (χ3n) is 6.34. The Labute approximate surface area is 170 Å². The lowest BCUT2D eigenvalue weighted by Crippen LogP contribution is -2.39. The number of hydrogen-bond donors (Lipinski definition) is 0. The van der Waals surface area contributed by atoms with Gasteiger partial charge in [0.1, 0.15) is 17.5 Å². The molecule has 1 atom stereocenters. The van der Waals surface area contributed by atoms with E-state index >= 15 is 0 Å². The zero-order valence-electron chi connectivity index (χ0n) is 18.3. The summed E-state index contributed by atoms with van der Waals surface area (Å²) in [6.45, 7) is 6.53. The maximum atomic E-state index is 13.9. The number of benzene rings is 1. The minimum atomic E-state index is -0.866. The van der Waals surface area contributed by atoms with E-state index in [1.54, 1.807) is 7.11 Å². The first-order valence-corrected chi connectivity index (χ1v) is 11.1. The molecule has 162 valence electrons. The molecule has 0 radical (unpaired) electrons. The van der Waals surface area contributed by atoms with E-state index in [0.29, 0.717) is 12.3 Å². The van der Waals surface area contributed by atoms with Crippen LogP contribution in [0, 0.1) is 23.4 Å². The van der Waals surface area contributed by atoms with Gasteiger partial charge in [0, 0.05) is 24.8 Å². The van der Waals surface area contributed by atoms with Gasteiger partial charge in [-0.15, -0.1) is 0 Å². The van der Waals surface area contributed by atoms with Crippen molar-refractivity contribution >= 4 is 0 Å². The predicted octanol–water partition coefficient (Wildman–Crippen LogP) is 8.00. The highest BCUT2D eigenvalue weighted by molar-refractivity contribution is 5.20. The molecule has 0 N–H and O–H groups in total. The maximum absolute atomic E-state index is 13.9. The summed E-state index contributed by atoms with van der Waals surface area (Å²) in [5, 5.41) is 0. The predicted molar refractivity (Wildman–Crippen MR) is 111 cm³/mol. The van der Waals surface area contributed by atoms with Gasteiger partial charge >= 0.3 is 0 Å². The molecule has 0 amide bonds. The van der Waals surface area contributed by atoms with Gasteiger partial charge in [-0.25, -0.2) is 13.2 Å². The molecule has 1 nitrogen and oxygen atoms in total. The van der Waals surface area contributed by atoms with E-state index in [4.69, 9.17) is 4.74 Å². The van der Waals surface area contributed by atoms with Crippen LogP contribution in [0.4, 0.5) is 13.2 Å². The Morgan fingerprint density at radius 3 is 1.89 bits per heavy atom. The molecule has 0 spiro atoms. The van der Waals surface area contributed by atoms with Crippen molar-refractivity contribution in [2.45, 2.75) is 103 Å². The van der Waals surface area contributed by atoms with Crippen molar-refractivity contribution in [3.8, 4) is 0 Å². The van der Waals surface area contributed by atoms with Crippen molar-refractivity contribution in [1.29, 1.82) is 0 Å². The van der Waals surface area contributed by atoms with Crippen molar-refractivity contribution in [3.63, 3.8) is 0 Å². The Morgan fingerprint density at radius 2 is 1.36 bits per heavy atom. The van der Waals surface area contributed by atoms with Crippen LogP contribution in [0.25, 0.3) is 0 Å². The molecule has 1 aromatic rings. The summed E-state index contributed by atoms with van der Waals surface area (Å²) < 4.78 is 46.9. The molecule has 28 heavy (non-hydrogen) atoms. The summed E-state index contributed by atoms with van der Waals surface area (Å²) >= 11 is 0. The highest BCUT2D eigenvalue weighted by atomic mass is 19.1. The van der Waals surface area contributed by atoms with E-state index in [1.807, 2.05) is 0 Å². The molecule has 0 heterocycles. The first-order valence-electron chi connectivity index (χ1n) is 11.1. The summed E-state index contributed by atoms with van der Waals surface area (Å²) in [4.78, 5) is 0. The van der Waals surface area contributed by atoms with E-state index in [1.165, 1.54) is 38.5 Å². The van der Waals surface area contributed by atoms with Gasteiger partial charge in [-0.1, -0.05) is 59.3 Å². The molecule has 0 fully saturated rings. The standard InChI is InChI=1S/C24H39F3O/c1-5-8-9-10-11-12-14-19(24(6-2,7-3)28-4)15-13-16-21-22(26)17-20(25)18-23(21)27/h17-19H,5-16H2,1-4H3. The van der Waals surface area contributed by atoms with Gasteiger partial charge in [-0.2, -0.15) is 0 Å². The Bertz CT molecular complexity index is 524.